The summed E-state index contributed by atoms with van der Waals surface area (Å²) in [5, 5.41) is 6.52. The maximum Gasteiger partial charge on any atom is 0.407 e. The molecule has 4 nitrogen and oxygen atoms in total. The van der Waals surface area contributed by atoms with Crippen molar-refractivity contribution in [3.63, 3.8) is 0 Å². The number of carbonyl (C=O) groups excluding carboxylic acids is 1. The third-order valence-corrected chi connectivity index (χ3v) is 3.14. The number of rotatable bonds is 4. The van der Waals surface area contributed by atoms with E-state index in [1.54, 1.807) is 0 Å². The van der Waals surface area contributed by atoms with Crippen molar-refractivity contribution in [2.45, 2.75) is 77.5 Å². The SMILES string of the molecule is CCCC(NC(=O)OC(C)(C)C)C1CCCCN1. The first kappa shape index (κ1) is 15.3. The van der Waals surface area contributed by atoms with Gasteiger partial charge >= 0.3 is 6.09 Å². The Morgan fingerprint density at radius 1 is 1.44 bits per heavy atom. The van der Waals surface area contributed by atoms with Gasteiger partial charge in [-0.2, -0.15) is 0 Å². The molecule has 0 aromatic heterocycles. The molecule has 4 heteroatoms. The fourth-order valence-corrected chi connectivity index (χ4v) is 2.37. The number of ether oxygens (including phenoxy) is 1. The Kier molecular flexibility index (Phi) is 5.93. The number of amides is 1. The summed E-state index contributed by atoms with van der Waals surface area (Å²) in [5.74, 6) is 0. The van der Waals surface area contributed by atoms with Gasteiger partial charge in [-0.05, 0) is 46.6 Å². The zero-order valence-electron chi connectivity index (χ0n) is 12.2. The summed E-state index contributed by atoms with van der Waals surface area (Å²) in [5.41, 5.74) is -0.430. The van der Waals surface area contributed by atoms with Crippen molar-refractivity contribution < 1.29 is 9.53 Å². The summed E-state index contributed by atoms with van der Waals surface area (Å²) in [7, 11) is 0. The zero-order chi connectivity index (χ0) is 13.6. The number of carbonyl (C=O) groups is 1. The summed E-state index contributed by atoms with van der Waals surface area (Å²) in [6, 6.07) is 0.580. The molecule has 1 fully saturated rings. The van der Waals surface area contributed by atoms with Gasteiger partial charge in [0.05, 0.1) is 0 Å². The molecule has 18 heavy (non-hydrogen) atoms. The molecule has 1 saturated heterocycles. The van der Waals surface area contributed by atoms with E-state index in [2.05, 4.69) is 17.6 Å². The molecule has 1 aliphatic rings. The first-order valence-electron chi connectivity index (χ1n) is 7.15. The normalized spacial score (nSPS) is 22.3. The van der Waals surface area contributed by atoms with Crippen molar-refractivity contribution in [1.29, 1.82) is 0 Å². The summed E-state index contributed by atoms with van der Waals surface area (Å²) in [6.45, 7) is 8.87. The van der Waals surface area contributed by atoms with Crippen LogP contribution in [0.25, 0.3) is 0 Å². The van der Waals surface area contributed by atoms with E-state index in [1.165, 1.54) is 12.8 Å². The average molecular weight is 256 g/mol. The van der Waals surface area contributed by atoms with Gasteiger partial charge in [-0.25, -0.2) is 4.79 Å². The molecule has 1 rings (SSSR count). The quantitative estimate of drug-likeness (QED) is 0.813. The second-order valence-electron chi connectivity index (χ2n) is 6.10. The molecule has 1 aliphatic heterocycles. The van der Waals surface area contributed by atoms with E-state index in [-0.39, 0.29) is 12.1 Å². The van der Waals surface area contributed by atoms with Crippen LogP contribution in [0.15, 0.2) is 0 Å². The monoisotopic (exact) mass is 256 g/mol. The minimum atomic E-state index is -0.430. The van der Waals surface area contributed by atoms with Crippen molar-refractivity contribution in [2.24, 2.45) is 0 Å². The molecule has 2 unspecified atom stereocenters. The van der Waals surface area contributed by atoms with Gasteiger partial charge in [-0.3, -0.25) is 0 Å². The Bertz CT molecular complexity index is 255. The van der Waals surface area contributed by atoms with E-state index in [1.807, 2.05) is 20.8 Å². The minimum absolute atomic E-state index is 0.185. The lowest BCUT2D eigenvalue weighted by atomic mass is 9.95. The Hall–Kier alpha value is -0.770. The van der Waals surface area contributed by atoms with Gasteiger partial charge in [0.1, 0.15) is 5.60 Å². The van der Waals surface area contributed by atoms with Gasteiger partial charge in [0, 0.05) is 12.1 Å². The second-order valence-corrected chi connectivity index (χ2v) is 6.10. The molecule has 106 valence electrons. The van der Waals surface area contributed by atoms with Crippen molar-refractivity contribution in [1.82, 2.24) is 10.6 Å². The molecule has 2 atom stereocenters. The zero-order valence-corrected chi connectivity index (χ0v) is 12.2. The Morgan fingerprint density at radius 2 is 2.17 bits per heavy atom. The highest BCUT2D eigenvalue weighted by molar-refractivity contribution is 5.68. The molecular weight excluding hydrogens is 228 g/mol. The predicted octanol–water partition coefficient (Wildman–Crippen LogP) is 2.82. The molecule has 0 bridgehead atoms. The van der Waals surface area contributed by atoms with Crippen LogP contribution < -0.4 is 10.6 Å². The minimum Gasteiger partial charge on any atom is -0.444 e. The van der Waals surface area contributed by atoms with Crippen LogP contribution in [0.5, 0.6) is 0 Å². The molecule has 0 radical (unpaired) electrons. The van der Waals surface area contributed by atoms with Gasteiger partial charge in [0.2, 0.25) is 0 Å². The fourth-order valence-electron chi connectivity index (χ4n) is 2.37. The molecule has 0 saturated carbocycles. The van der Waals surface area contributed by atoms with Crippen LogP contribution in [0.1, 0.15) is 59.8 Å². The summed E-state index contributed by atoms with van der Waals surface area (Å²) >= 11 is 0. The smallest absolute Gasteiger partial charge is 0.407 e. The number of hydrogen-bond donors (Lipinski definition) is 2. The molecule has 0 aromatic rings. The lowest BCUT2D eigenvalue weighted by Crippen LogP contribution is -2.52. The number of nitrogens with one attached hydrogen (secondary N) is 2. The standard InChI is InChI=1S/C14H28N2O2/c1-5-8-12(11-9-6-7-10-15-11)16-13(17)18-14(2,3)4/h11-12,15H,5-10H2,1-4H3,(H,16,17). The maximum atomic E-state index is 11.8. The highest BCUT2D eigenvalue weighted by atomic mass is 16.6. The van der Waals surface area contributed by atoms with Crippen LogP contribution >= 0.6 is 0 Å². The van der Waals surface area contributed by atoms with Crippen LogP contribution in [0.4, 0.5) is 4.79 Å². The number of hydrogen-bond acceptors (Lipinski definition) is 3. The number of alkyl carbamates (subject to hydrolysis) is 1. The Labute approximate surface area is 111 Å². The summed E-state index contributed by atoms with van der Waals surface area (Å²) in [6.07, 6.45) is 5.39. The molecule has 1 heterocycles. The van der Waals surface area contributed by atoms with Gasteiger partial charge in [0.25, 0.3) is 0 Å². The van der Waals surface area contributed by atoms with Crippen LogP contribution in [0, 0.1) is 0 Å². The molecule has 0 spiro atoms. The lowest BCUT2D eigenvalue weighted by molar-refractivity contribution is 0.0485. The van der Waals surface area contributed by atoms with Crippen molar-refractivity contribution >= 4 is 6.09 Å². The van der Waals surface area contributed by atoms with Crippen LogP contribution in [0.2, 0.25) is 0 Å². The topological polar surface area (TPSA) is 50.4 Å². The highest BCUT2D eigenvalue weighted by Crippen LogP contribution is 2.15. The van der Waals surface area contributed by atoms with E-state index in [4.69, 9.17) is 4.74 Å². The third kappa shape index (κ3) is 5.71. The van der Waals surface area contributed by atoms with Crippen LogP contribution in [0.3, 0.4) is 0 Å². The molecule has 0 aromatic carbocycles. The van der Waals surface area contributed by atoms with Gasteiger partial charge < -0.3 is 15.4 Å². The van der Waals surface area contributed by atoms with E-state index in [0.717, 1.165) is 25.8 Å². The molecule has 0 aliphatic carbocycles. The van der Waals surface area contributed by atoms with E-state index in [0.29, 0.717) is 6.04 Å². The molecular formula is C14H28N2O2. The second kappa shape index (κ2) is 6.98. The largest absolute Gasteiger partial charge is 0.444 e. The van der Waals surface area contributed by atoms with Crippen LogP contribution in [-0.4, -0.2) is 30.3 Å². The molecule has 2 N–H and O–H groups in total. The van der Waals surface area contributed by atoms with Crippen molar-refractivity contribution in [3.8, 4) is 0 Å². The fraction of sp³-hybridized carbons (Fsp3) is 0.929. The van der Waals surface area contributed by atoms with Gasteiger partial charge in [0.15, 0.2) is 0 Å². The highest BCUT2D eigenvalue weighted by Gasteiger charge is 2.26. The van der Waals surface area contributed by atoms with Crippen LogP contribution in [-0.2, 0) is 4.74 Å². The summed E-state index contributed by atoms with van der Waals surface area (Å²) < 4.78 is 5.33. The third-order valence-electron chi connectivity index (χ3n) is 3.14. The maximum absolute atomic E-state index is 11.8. The van der Waals surface area contributed by atoms with Gasteiger partial charge in [-0.1, -0.05) is 19.8 Å². The summed E-state index contributed by atoms with van der Waals surface area (Å²) in [4.78, 5) is 11.8. The van der Waals surface area contributed by atoms with E-state index >= 15 is 0 Å². The van der Waals surface area contributed by atoms with E-state index in [9.17, 15) is 4.79 Å². The van der Waals surface area contributed by atoms with Crippen molar-refractivity contribution in [3.05, 3.63) is 0 Å². The Balaban J connectivity index is 2.48. The first-order valence-corrected chi connectivity index (χ1v) is 7.15. The Morgan fingerprint density at radius 3 is 2.67 bits per heavy atom. The average Bonchev–Trinajstić information content (AvgIpc) is 2.27. The van der Waals surface area contributed by atoms with Gasteiger partial charge in [-0.15, -0.1) is 0 Å². The lowest BCUT2D eigenvalue weighted by Gasteiger charge is -2.32. The predicted molar refractivity (Wildman–Crippen MR) is 73.7 cm³/mol. The number of piperidine rings is 1. The van der Waals surface area contributed by atoms with E-state index < -0.39 is 5.60 Å². The van der Waals surface area contributed by atoms with Crippen molar-refractivity contribution in [2.75, 3.05) is 6.54 Å². The first-order chi connectivity index (χ1) is 8.42. The molecule has 1 amide bonds.